The second kappa shape index (κ2) is 5.47. The first-order chi connectivity index (χ1) is 9.40. The Hall–Kier alpha value is -2.13. The van der Waals surface area contributed by atoms with E-state index in [1.54, 1.807) is 23.3 Å². The van der Waals surface area contributed by atoms with Crippen LogP contribution in [0.5, 0.6) is 0 Å². The maximum Gasteiger partial charge on any atom is 0.352 e. The van der Waals surface area contributed by atoms with Crippen molar-refractivity contribution < 1.29 is 18.3 Å². The molecule has 0 atom stereocenters. The molecule has 2 aromatic heterocycles. The quantitative estimate of drug-likeness (QED) is 0.774. The minimum absolute atomic E-state index is 0.0666. The summed E-state index contributed by atoms with van der Waals surface area (Å²) in [6.45, 7) is 0.633. The predicted octanol–water partition coefficient (Wildman–Crippen LogP) is -0.102. The molecular formula is C11H14N4O4S. The van der Waals surface area contributed by atoms with Crippen LogP contribution in [0.1, 0.15) is 10.5 Å². The summed E-state index contributed by atoms with van der Waals surface area (Å²) < 4.78 is 29.4. The molecule has 9 heteroatoms. The Bertz CT molecular complexity index is 703. The minimum Gasteiger partial charge on any atom is -0.477 e. The van der Waals surface area contributed by atoms with Crippen LogP contribution in [0.4, 0.5) is 0 Å². The number of rotatable bonds is 6. The Morgan fingerprint density at radius 2 is 2.25 bits per heavy atom. The lowest BCUT2D eigenvalue weighted by atomic mass is 10.4. The van der Waals surface area contributed by atoms with Crippen molar-refractivity contribution in [2.45, 2.75) is 11.4 Å². The average Bonchev–Trinajstić information content (AvgIpc) is 2.98. The van der Waals surface area contributed by atoms with Gasteiger partial charge >= 0.3 is 5.97 Å². The van der Waals surface area contributed by atoms with Gasteiger partial charge in [0.05, 0.1) is 6.33 Å². The fourth-order valence-corrected chi connectivity index (χ4v) is 2.80. The molecule has 0 saturated carbocycles. The largest absolute Gasteiger partial charge is 0.477 e. The first-order valence-electron chi connectivity index (χ1n) is 5.75. The molecule has 0 radical (unpaired) electrons. The van der Waals surface area contributed by atoms with Gasteiger partial charge in [0.1, 0.15) is 10.6 Å². The van der Waals surface area contributed by atoms with Gasteiger partial charge in [-0.2, -0.15) is 0 Å². The third-order valence-corrected chi connectivity index (χ3v) is 4.16. The van der Waals surface area contributed by atoms with E-state index in [0.29, 0.717) is 6.54 Å². The number of hydrogen-bond donors (Lipinski definition) is 2. The van der Waals surface area contributed by atoms with E-state index in [0.717, 1.165) is 6.07 Å². The van der Waals surface area contributed by atoms with E-state index in [4.69, 9.17) is 5.11 Å². The van der Waals surface area contributed by atoms with Gasteiger partial charge in [-0.05, 0) is 6.07 Å². The smallest absolute Gasteiger partial charge is 0.352 e. The van der Waals surface area contributed by atoms with E-state index in [1.165, 1.54) is 17.8 Å². The minimum atomic E-state index is -3.72. The zero-order valence-electron chi connectivity index (χ0n) is 10.7. The second-order valence-corrected chi connectivity index (χ2v) is 5.94. The van der Waals surface area contributed by atoms with Gasteiger partial charge in [0.25, 0.3) is 0 Å². The monoisotopic (exact) mass is 298 g/mol. The summed E-state index contributed by atoms with van der Waals surface area (Å²) in [5, 5.41) is 8.90. The third-order valence-electron chi connectivity index (χ3n) is 2.73. The normalized spacial score (nSPS) is 11.7. The van der Waals surface area contributed by atoms with Gasteiger partial charge in [0, 0.05) is 38.7 Å². The zero-order valence-corrected chi connectivity index (χ0v) is 11.5. The fraction of sp³-hybridized carbons (Fsp3) is 0.273. The molecule has 108 valence electrons. The Balaban J connectivity index is 2.06. The molecule has 2 rings (SSSR count). The summed E-state index contributed by atoms with van der Waals surface area (Å²) in [6.07, 6.45) is 6.17. The molecule has 0 fully saturated rings. The van der Waals surface area contributed by atoms with Crippen molar-refractivity contribution in [2.75, 3.05) is 6.54 Å². The summed E-state index contributed by atoms with van der Waals surface area (Å²) in [5.41, 5.74) is -0.0833. The van der Waals surface area contributed by atoms with Gasteiger partial charge in [-0.15, -0.1) is 0 Å². The lowest BCUT2D eigenvalue weighted by Crippen LogP contribution is -2.27. The van der Waals surface area contributed by atoms with Gasteiger partial charge in [-0.1, -0.05) is 0 Å². The van der Waals surface area contributed by atoms with E-state index in [9.17, 15) is 13.2 Å². The molecule has 2 heterocycles. The fourth-order valence-electron chi connectivity index (χ4n) is 1.71. The molecule has 0 aromatic carbocycles. The molecule has 2 N–H and O–H groups in total. The van der Waals surface area contributed by atoms with Crippen molar-refractivity contribution in [2.24, 2.45) is 7.05 Å². The van der Waals surface area contributed by atoms with E-state index in [2.05, 4.69) is 9.71 Å². The topological polar surface area (TPSA) is 106 Å². The molecule has 20 heavy (non-hydrogen) atoms. The predicted molar refractivity (Wildman–Crippen MR) is 69.8 cm³/mol. The molecule has 2 aromatic rings. The van der Waals surface area contributed by atoms with E-state index < -0.39 is 16.0 Å². The standard InChI is InChI=1S/C11H14N4O4S/c1-14-7-9(6-10(14)11(16)17)20(18,19)13-3-5-15-4-2-12-8-15/h2,4,6-8,13H,3,5H2,1H3,(H,16,17). The lowest BCUT2D eigenvalue weighted by molar-refractivity contribution is 0.0686. The summed E-state index contributed by atoms with van der Waals surface area (Å²) in [7, 11) is -2.24. The van der Waals surface area contributed by atoms with E-state index in [1.807, 2.05) is 0 Å². The first kappa shape index (κ1) is 14.3. The summed E-state index contributed by atoms with van der Waals surface area (Å²) in [5.74, 6) is -1.17. The second-order valence-electron chi connectivity index (χ2n) is 4.18. The highest BCUT2D eigenvalue weighted by Crippen LogP contribution is 2.13. The molecule has 0 aliphatic carbocycles. The van der Waals surface area contributed by atoms with Crippen LogP contribution < -0.4 is 4.72 Å². The summed E-state index contributed by atoms with van der Waals surface area (Å²) in [4.78, 5) is 14.7. The molecule has 0 unspecified atom stereocenters. The Labute approximate surface area is 115 Å². The third kappa shape index (κ3) is 3.06. The number of hydrogen-bond acceptors (Lipinski definition) is 4. The number of aromatic carboxylic acids is 1. The van der Waals surface area contributed by atoms with Crippen molar-refractivity contribution in [3.63, 3.8) is 0 Å². The van der Waals surface area contributed by atoms with Crippen molar-refractivity contribution >= 4 is 16.0 Å². The number of nitrogens with one attached hydrogen (secondary N) is 1. The van der Waals surface area contributed by atoms with Crippen molar-refractivity contribution in [1.82, 2.24) is 18.8 Å². The molecular weight excluding hydrogens is 284 g/mol. The van der Waals surface area contributed by atoms with Crippen LogP contribution in [0.3, 0.4) is 0 Å². The Morgan fingerprint density at radius 3 is 2.80 bits per heavy atom. The molecule has 0 aliphatic rings. The average molecular weight is 298 g/mol. The van der Waals surface area contributed by atoms with Crippen LogP contribution in [0.15, 0.2) is 35.9 Å². The SMILES string of the molecule is Cn1cc(S(=O)(=O)NCCn2ccnc2)cc1C(=O)O. The van der Waals surface area contributed by atoms with Crippen LogP contribution in [-0.4, -0.2) is 40.2 Å². The van der Waals surface area contributed by atoms with Gasteiger partial charge in [0.15, 0.2) is 0 Å². The summed E-state index contributed by atoms with van der Waals surface area (Å²) >= 11 is 0. The maximum absolute atomic E-state index is 12.0. The van der Waals surface area contributed by atoms with Crippen LogP contribution in [0.2, 0.25) is 0 Å². The number of aromatic nitrogens is 3. The number of carboxylic acid groups (broad SMARTS) is 1. The number of carboxylic acids is 1. The highest BCUT2D eigenvalue weighted by Gasteiger charge is 2.19. The van der Waals surface area contributed by atoms with Crippen molar-refractivity contribution in [3.05, 3.63) is 36.7 Å². The number of nitrogens with zero attached hydrogens (tertiary/aromatic N) is 3. The van der Waals surface area contributed by atoms with Crippen LogP contribution in [0.25, 0.3) is 0 Å². The van der Waals surface area contributed by atoms with E-state index in [-0.39, 0.29) is 17.1 Å². The molecule has 0 bridgehead atoms. The highest BCUT2D eigenvalue weighted by molar-refractivity contribution is 7.89. The molecule has 0 saturated heterocycles. The molecule has 8 nitrogen and oxygen atoms in total. The zero-order chi connectivity index (χ0) is 14.8. The molecule has 0 amide bonds. The van der Waals surface area contributed by atoms with E-state index >= 15 is 0 Å². The van der Waals surface area contributed by atoms with Crippen molar-refractivity contribution in [3.8, 4) is 0 Å². The van der Waals surface area contributed by atoms with Crippen LogP contribution in [0, 0.1) is 0 Å². The lowest BCUT2D eigenvalue weighted by Gasteiger charge is -2.05. The Kier molecular flexibility index (Phi) is 3.91. The van der Waals surface area contributed by atoms with Gasteiger partial charge in [-0.25, -0.2) is 22.9 Å². The number of sulfonamides is 1. The molecule has 0 spiro atoms. The number of aryl methyl sites for hydroxylation is 1. The van der Waals surface area contributed by atoms with Crippen LogP contribution in [-0.2, 0) is 23.6 Å². The Morgan fingerprint density at radius 1 is 1.50 bits per heavy atom. The maximum atomic E-state index is 12.0. The van der Waals surface area contributed by atoms with Gasteiger partial charge < -0.3 is 14.2 Å². The molecule has 0 aliphatic heterocycles. The first-order valence-corrected chi connectivity index (χ1v) is 7.23. The highest BCUT2D eigenvalue weighted by atomic mass is 32.2. The van der Waals surface area contributed by atoms with Gasteiger partial charge in [-0.3, -0.25) is 0 Å². The summed E-state index contributed by atoms with van der Waals surface area (Å²) in [6, 6.07) is 1.13. The number of imidazole rings is 1. The van der Waals surface area contributed by atoms with Gasteiger partial charge in [0.2, 0.25) is 10.0 Å². The van der Waals surface area contributed by atoms with Crippen LogP contribution >= 0.6 is 0 Å². The number of carbonyl (C=O) groups is 1. The van der Waals surface area contributed by atoms with Crippen molar-refractivity contribution in [1.29, 1.82) is 0 Å².